The molecule has 0 aliphatic heterocycles. The molecule has 0 aromatic carbocycles. The minimum atomic E-state index is 0.350. The summed E-state index contributed by atoms with van der Waals surface area (Å²) in [6.45, 7) is 14.7. The number of aromatic nitrogens is 1. The van der Waals surface area contributed by atoms with Gasteiger partial charge in [0, 0.05) is 25.1 Å². The quantitative estimate of drug-likeness (QED) is 0.669. The van der Waals surface area contributed by atoms with Gasteiger partial charge in [0.05, 0.1) is 18.3 Å². The Bertz CT molecular complexity index is 406. The molecule has 1 aromatic heterocycles. The molecule has 1 aromatic rings. The van der Waals surface area contributed by atoms with E-state index in [9.17, 15) is 0 Å². The van der Waals surface area contributed by atoms with Crippen molar-refractivity contribution in [2.75, 3.05) is 31.7 Å². The van der Waals surface area contributed by atoms with Gasteiger partial charge in [0.1, 0.15) is 0 Å². The first-order valence-electron chi connectivity index (χ1n) is 8.00. The summed E-state index contributed by atoms with van der Waals surface area (Å²) in [5, 5.41) is 4.62. The number of thiazole rings is 1. The number of nitrogens with one attached hydrogen (secondary N) is 1. The fraction of sp³-hybridized carbons (Fsp3) is 0.812. The van der Waals surface area contributed by atoms with Gasteiger partial charge in [-0.3, -0.25) is 0 Å². The van der Waals surface area contributed by atoms with E-state index in [0.717, 1.165) is 37.8 Å². The van der Waals surface area contributed by atoms with Gasteiger partial charge < -0.3 is 15.0 Å². The van der Waals surface area contributed by atoms with Crippen molar-refractivity contribution in [1.29, 1.82) is 0 Å². The van der Waals surface area contributed by atoms with E-state index < -0.39 is 0 Å². The van der Waals surface area contributed by atoms with Crippen molar-refractivity contribution in [3.63, 3.8) is 0 Å². The number of hydrogen-bond donors (Lipinski definition) is 1. The topological polar surface area (TPSA) is 37.4 Å². The molecular formula is C16H31N3OS. The van der Waals surface area contributed by atoms with Crippen molar-refractivity contribution < 1.29 is 4.74 Å². The van der Waals surface area contributed by atoms with E-state index in [2.05, 4.69) is 44.8 Å². The first-order chi connectivity index (χ1) is 10.0. The van der Waals surface area contributed by atoms with Gasteiger partial charge in [-0.15, -0.1) is 11.3 Å². The molecule has 0 bridgehead atoms. The van der Waals surface area contributed by atoms with Crippen LogP contribution in [0.3, 0.4) is 0 Å². The zero-order chi connectivity index (χ0) is 15.8. The number of anilines is 1. The van der Waals surface area contributed by atoms with Crippen LogP contribution in [0.4, 0.5) is 5.13 Å². The van der Waals surface area contributed by atoms with Crippen LogP contribution in [0.5, 0.6) is 0 Å². The highest BCUT2D eigenvalue weighted by Gasteiger charge is 2.20. The monoisotopic (exact) mass is 313 g/mol. The molecule has 1 N–H and O–H groups in total. The molecule has 4 nitrogen and oxygen atoms in total. The van der Waals surface area contributed by atoms with Crippen LogP contribution >= 0.6 is 11.3 Å². The van der Waals surface area contributed by atoms with E-state index in [1.54, 1.807) is 7.11 Å². The summed E-state index contributed by atoms with van der Waals surface area (Å²) < 4.78 is 5.29. The van der Waals surface area contributed by atoms with Gasteiger partial charge in [0.15, 0.2) is 5.13 Å². The zero-order valence-corrected chi connectivity index (χ0v) is 15.2. The molecule has 1 atom stereocenters. The first-order valence-corrected chi connectivity index (χ1v) is 8.82. The molecule has 0 fully saturated rings. The average Bonchev–Trinajstić information content (AvgIpc) is 2.84. The van der Waals surface area contributed by atoms with Crippen LogP contribution in [0, 0.1) is 0 Å². The number of nitrogens with zero attached hydrogens (tertiary/aromatic N) is 2. The predicted molar refractivity (Wildman–Crippen MR) is 92.6 cm³/mol. The second-order valence-electron chi connectivity index (χ2n) is 5.73. The van der Waals surface area contributed by atoms with Crippen LogP contribution < -0.4 is 10.2 Å². The van der Waals surface area contributed by atoms with Gasteiger partial charge in [0.2, 0.25) is 0 Å². The molecule has 5 heteroatoms. The lowest BCUT2D eigenvalue weighted by atomic mass is 10.1. The largest absolute Gasteiger partial charge is 0.383 e. The Labute approximate surface area is 133 Å². The lowest BCUT2D eigenvalue weighted by molar-refractivity contribution is 0.182. The number of likely N-dealkylation sites (N-methyl/N-ethyl adjacent to an activating group) is 1. The lowest BCUT2D eigenvalue weighted by Crippen LogP contribution is -2.36. The number of methoxy groups -OCH3 is 1. The fourth-order valence-corrected chi connectivity index (χ4v) is 3.75. The minimum absolute atomic E-state index is 0.350. The van der Waals surface area contributed by atoms with Crippen LogP contribution in [-0.2, 0) is 11.3 Å². The highest BCUT2D eigenvalue weighted by atomic mass is 32.1. The van der Waals surface area contributed by atoms with Gasteiger partial charge in [-0.05, 0) is 32.7 Å². The van der Waals surface area contributed by atoms with Gasteiger partial charge in [-0.25, -0.2) is 4.98 Å². The number of rotatable bonds is 10. The number of ether oxygens (including phenoxy) is 1. The maximum atomic E-state index is 5.29. The minimum Gasteiger partial charge on any atom is -0.383 e. The Hall–Kier alpha value is -0.650. The smallest absolute Gasteiger partial charge is 0.186 e. The van der Waals surface area contributed by atoms with Crippen molar-refractivity contribution >= 4 is 16.5 Å². The van der Waals surface area contributed by atoms with E-state index in [1.165, 1.54) is 10.6 Å². The second kappa shape index (κ2) is 9.38. The predicted octanol–water partition coefficient (Wildman–Crippen LogP) is 3.63. The summed E-state index contributed by atoms with van der Waals surface area (Å²) in [6, 6.07) is 0.350. The Balaban J connectivity index is 2.93. The van der Waals surface area contributed by atoms with Gasteiger partial charge in [-0.2, -0.15) is 0 Å². The molecule has 0 radical (unpaired) electrons. The Kier molecular flexibility index (Phi) is 8.22. The van der Waals surface area contributed by atoms with Gasteiger partial charge in [0.25, 0.3) is 0 Å². The van der Waals surface area contributed by atoms with Crippen molar-refractivity contribution in [3.05, 3.63) is 10.6 Å². The van der Waals surface area contributed by atoms with Crippen LogP contribution in [0.2, 0.25) is 0 Å². The van der Waals surface area contributed by atoms with E-state index in [1.807, 2.05) is 11.3 Å². The molecule has 0 saturated heterocycles. The van der Waals surface area contributed by atoms with Gasteiger partial charge >= 0.3 is 0 Å². The van der Waals surface area contributed by atoms with Crippen LogP contribution in [-0.4, -0.2) is 37.8 Å². The Morgan fingerprint density at radius 2 is 2.00 bits per heavy atom. The van der Waals surface area contributed by atoms with E-state index >= 15 is 0 Å². The highest BCUT2D eigenvalue weighted by molar-refractivity contribution is 7.15. The van der Waals surface area contributed by atoms with Gasteiger partial charge in [-0.1, -0.05) is 20.8 Å². The second-order valence-corrected chi connectivity index (χ2v) is 6.79. The first kappa shape index (κ1) is 18.4. The SMILES string of the molecule is CCCNCc1sc(N(CC)C(C)COC)nc1C(C)C. The van der Waals surface area contributed by atoms with Crippen LogP contribution in [0.15, 0.2) is 0 Å². The average molecular weight is 314 g/mol. The summed E-state index contributed by atoms with van der Waals surface area (Å²) in [6.07, 6.45) is 1.16. The van der Waals surface area contributed by atoms with E-state index in [4.69, 9.17) is 9.72 Å². The maximum absolute atomic E-state index is 5.29. The van der Waals surface area contributed by atoms with Crippen molar-refractivity contribution in [2.45, 2.75) is 59.5 Å². The Morgan fingerprint density at radius 1 is 1.29 bits per heavy atom. The maximum Gasteiger partial charge on any atom is 0.186 e. The van der Waals surface area contributed by atoms with Crippen LogP contribution in [0.1, 0.15) is 57.5 Å². The number of hydrogen-bond acceptors (Lipinski definition) is 5. The summed E-state index contributed by atoms with van der Waals surface area (Å²) in [4.78, 5) is 8.62. The summed E-state index contributed by atoms with van der Waals surface area (Å²) in [7, 11) is 1.76. The van der Waals surface area contributed by atoms with Crippen LogP contribution in [0.25, 0.3) is 0 Å². The third-order valence-electron chi connectivity index (χ3n) is 3.50. The fourth-order valence-electron chi connectivity index (χ4n) is 2.40. The molecule has 0 amide bonds. The molecular weight excluding hydrogens is 282 g/mol. The molecule has 0 aliphatic rings. The third-order valence-corrected chi connectivity index (χ3v) is 4.61. The third kappa shape index (κ3) is 5.24. The molecule has 0 spiro atoms. The normalized spacial score (nSPS) is 12.9. The molecule has 0 aliphatic carbocycles. The van der Waals surface area contributed by atoms with E-state index in [-0.39, 0.29) is 0 Å². The van der Waals surface area contributed by atoms with Crippen molar-refractivity contribution in [2.24, 2.45) is 0 Å². The Morgan fingerprint density at radius 3 is 2.52 bits per heavy atom. The molecule has 21 heavy (non-hydrogen) atoms. The summed E-state index contributed by atoms with van der Waals surface area (Å²) in [5.74, 6) is 0.463. The molecule has 1 rings (SSSR count). The van der Waals surface area contributed by atoms with Crippen molar-refractivity contribution in [1.82, 2.24) is 10.3 Å². The van der Waals surface area contributed by atoms with Crippen molar-refractivity contribution in [3.8, 4) is 0 Å². The zero-order valence-electron chi connectivity index (χ0n) is 14.4. The summed E-state index contributed by atoms with van der Waals surface area (Å²) >= 11 is 1.82. The molecule has 122 valence electrons. The molecule has 0 saturated carbocycles. The standard InChI is InChI=1S/C16H31N3OS/c1-7-9-17-10-14-15(12(3)4)18-16(21-14)19(8-2)13(5)11-20-6/h12-13,17H,7-11H2,1-6H3. The highest BCUT2D eigenvalue weighted by Crippen LogP contribution is 2.31. The molecule has 1 unspecified atom stereocenters. The molecule has 1 heterocycles. The van der Waals surface area contributed by atoms with E-state index in [0.29, 0.717) is 12.0 Å². The lowest BCUT2D eigenvalue weighted by Gasteiger charge is -2.26. The summed E-state index contributed by atoms with van der Waals surface area (Å²) in [5.41, 5.74) is 1.24.